The molecule has 0 bridgehead atoms. The average Bonchev–Trinajstić information content (AvgIpc) is 2.65. The van der Waals surface area contributed by atoms with Gasteiger partial charge < -0.3 is 10.1 Å². The molecule has 12 heavy (non-hydrogen) atoms. The van der Waals surface area contributed by atoms with Crippen LogP contribution in [0.3, 0.4) is 0 Å². The molecule has 2 atom stereocenters. The van der Waals surface area contributed by atoms with Crippen LogP contribution in [0.25, 0.3) is 0 Å². The highest BCUT2D eigenvalue weighted by Crippen LogP contribution is 2.17. The van der Waals surface area contributed by atoms with Gasteiger partial charge in [-0.1, -0.05) is 0 Å². The fourth-order valence-electron chi connectivity index (χ4n) is 1.11. The third-order valence-corrected chi connectivity index (χ3v) is 2.46. The lowest BCUT2D eigenvalue weighted by Gasteiger charge is -2.10. The maximum atomic E-state index is 13.0. The van der Waals surface area contributed by atoms with Gasteiger partial charge in [0.25, 0.3) is 0 Å². The molecule has 0 aliphatic carbocycles. The van der Waals surface area contributed by atoms with Crippen molar-refractivity contribution in [3.05, 3.63) is 11.6 Å². The van der Waals surface area contributed by atoms with E-state index in [9.17, 15) is 4.39 Å². The monoisotopic (exact) mass is 188 g/mol. The van der Waals surface area contributed by atoms with Gasteiger partial charge in [-0.15, -0.1) is 11.3 Å². The molecule has 66 valence electrons. The maximum absolute atomic E-state index is 13.0. The Bertz CT molecular complexity index is 242. The molecule has 0 amide bonds. The van der Waals surface area contributed by atoms with Crippen LogP contribution in [0.5, 0.6) is 0 Å². The summed E-state index contributed by atoms with van der Waals surface area (Å²) < 4.78 is 17.9. The molecular weight excluding hydrogens is 179 g/mol. The predicted molar refractivity (Wildman–Crippen MR) is 45.2 cm³/mol. The molecule has 2 rings (SSSR count). The van der Waals surface area contributed by atoms with Gasteiger partial charge in [-0.05, 0) is 0 Å². The largest absolute Gasteiger partial charge is 0.376 e. The number of aromatic nitrogens is 1. The number of alkyl halides is 1. The van der Waals surface area contributed by atoms with Crippen molar-refractivity contribution >= 4 is 16.5 Å². The lowest BCUT2D eigenvalue weighted by Crippen LogP contribution is -2.28. The smallest absolute Gasteiger partial charge is 0.182 e. The van der Waals surface area contributed by atoms with Crippen LogP contribution >= 0.6 is 11.3 Å². The first-order chi connectivity index (χ1) is 5.86. The quantitative estimate of drug-likeness (QED) is 0.759. The number of rotatable bonds is 2. The van der Waals surface area contributed by atoms with Crippen LogP contribution in [-0.4, -0.2) is 30.4 Å². The Morgan fingerprint density at radius 3 is 3.17 bits per heavy atom. The fraction of sp³-hybridized carbons (Fsp3) is 0.571. The van der Waals surface area contributed by atoms with Crippen molar-refractivity contribution < 1.29 is 9.13 Å². The summed E-state index contributed by atoms with van der Waals surface area (Å²) in [5.74, 6) is 0. The number of hydrogen-bond acceptors (Lipinski definition) is 4. The van der Waals surface area contributed by atoms with Crippen molar-refractivity contribution in [3.63, 3.8) is 0 Å². The fourth-order valence-corrected chi connectivity index (χ4v) is 1.71. The SMILES string of the molecule is FC1COCC1Nc1nccs1. The van der Waals surface area contributed by atoms with Gasteiger partial charge >= 0.3 is 0 Å². The van der Waals surface area contributed by atoms with Crippen LogP contribution in [0.15, 0.2) is 11.6 Å². The zero-order valence-corrected chi connectivity index (χ0v) is 7.18. The molecule has 1 saturated heterocycles. The van der Waals surface area contributed by atoms with Crippen LogP contribution < -0.4 is 5.32 Å². The second-order valence-corrected chi connectivity index (χ2v) is 3.54. The molecule has 3 nitrogen and oxygen atoms in total. The number of thiazole rings is 1. The topological polar surface area (TPSA) is 34.1 Å². The van der Waals surface area contributed by atoms with E-state index in [1.165, 1.54) is 11.3 Å². The molecule has 1 fully saturated rings. The highest BCUT2D eigenvalue weighted by Gasteiger charge is 2.28. The van der Waals surface area contributed by atoms with E-state index >= 15 is 0 Å². The Morgan fingerprint density at radius 2 is 2.58 bits per heavy atom. The first-order valence-corrected chi connectivity index (χ1v) is 4.62. The minimum absolute atomic E-state index is 0.197. The molecular formula is C7H9FN2OS. The predicted octanol–water partition coefficient (Wildman–Crippen LogP) is 1.29. The Hall–Kier alpha value is -0.680. The summed E-state index contributed by atoms with van der Waals surface area (Å²) in [7, 11) is 0. The van der Waals surface area contributed by atoms with Crippen LogP contribution in [0, 0.1) is 0 Å². The van der Waals surface area contributed by atoms with Gasteiger partial charge in [0, 0.05) is 11.6 Å². The Balaban J connectivity index is 1.95. The summed E-state index contributed by atoms with van der Waals surface area (Å²) in [5, 5.41) is 5.59. The van der Waals surface area contributed by atoms with E-state index in [1.807, 2.05) is 5.38 Å². The molecule has 2 heterocycles. The van der Waals surface area contributed by atoms with Crippen molar-refractivity contribution in [2.45, 2.75) is 12.2 Å². The van der Waals surface area contributed by atoms with Crippen molar-refractivity contribution in [1.82, 2.24) is 4.98 Å². The molecule has 0 saturated carbocycles. The number of anilines is 1. The van der Waals surface area contributed by atoms with Crippen molar-refractivity contribution in [1.29, 1.82) is 0 Å². The van der Waals surface area contributed by atoms with E-state index in [0.717, 1.165) is 5.13 Å². The Labute approximate surface area is 73.6 Å². The van der Waals surface area contributed by atoms with Gasteiger partial charge in [-0.3, -0.25) is 0 Å². The molecule has 1 aromatic rings. The number of halogens is 1. The zero-order valence-electron chi connectivity index (χ0n) is 6.37. The molecule has 1 aromatic heterocycles. The molecule has 1 aliphatic heterocycles. The summed E-state index contributed by atoms with van der Waals surface area (Å²) >= 11 is 1.47. The Morgan fingerprint density at radius 1 is 1.67 bits per heavy atom. The lowest BCUT2D eigenvalue weighted by molar-refractivity contribution is 0.173. The first kappa shape index (κ1) is 7.94. The molecule has 1 aliphatic rings. The van der Waals surface area contributed by atoms with Gasteiger partial charge in [0.05, 0.1) is 19.3 Å². The minimum Gasteiger partial charge on any atom is -0.376 e. The number of nitrogens with zero attached hydrogens (tertiary/aromatic N) is 1. The Kier molecular flexibility index (Phi) is 2.23. The summed E-state index contributed by atoms with van der Waals surface area (Å²) in [6, 6.07) is -0.226. The number of ether oxygens (including phenoxy) is 1. The third kappa shape index (κ3) is 1.56. The van der Waals surface area contributed by atoms with Gasteiger partial charge in [0.1, 0.15) is 6.17 Å². The first-order valence-electron chi connectivity index (χ1n) is 3.74. The summed E-state index contributed by atoms with van der Waals surface area (Å²) in [6.07, 6.45) is 0.782. The molecule has 0 aromatic carbocycles. The minimum atomic E-state index is -0.908. The normalized spacial score (nSPS) is 29.1. The third-order valence-electron chi connectivity index (χ3n) is 1.75. The maximum Gasteiger partial charge on any atom is 0.182 e. The van der Waals surface area contributed by atoms with Crippen LogP contribution in [0.1, 0.15) is 0 Å². The molecule has 5 heteroatoms. The van der Waals surface area contributed by atoms with E-state index in [0.29, 0.717) is 6.61 Å². The van der Waals surface area contributed by atoms with Crippen LogP contribution in [0.2, 0.25) is 0 Å². The standard InChI is InChI=1S/C7H9FN2OS/c8-5-3-11-4-6(5)10-7-9-1-2-12-7/h1-2,5-6H,3-4H2,(H,9,10). The van der Waals surface area contributed by atoms with E-state index in [4.69, 9.17) is 4.74 Å². The molecule has 2 unspecified atom stereocenters. The second-order valence-electron chi connectivity index (χ2n) is 2.64. The van der Waals surface area contributed by atoms with Gasteiger partial charge in [-0.2, -0.15) is 0 Å². The van der Waals surface area contributed by atoms with Crippen molar-refractivity contribution in [3.8, 4) is 0 Å². The lowest BCUT2D eigenvalue weighted by atomic mass is 10.2. The summed E-state index contributed by atoms with van der Waals surface area (Å²) in [6.45, 7) is 0.629. The van der Waals surface area contributed by atoms with Gasteiger partial charge in [-0.25, -0.2) is 9.37 Å². The van der Waals surface area contributed by atoms with Gasteiger partial charge in [0.15, 0.2) is 5.13 Å². The van der Waals surface area contributed by atoms with Crippen molar-refractivity contribution in [2.24, 2.45) is 0 Å². The molecule has 0 spiro atoms. The van der Waals surface area contributed by atoms with Crippen molar-refractivity contribution in [2.75, 3.05) is 18.5 Å². The molecule has 0 radical (unpaired) electrons. The number of hydrogen-bond donors (Lipinski definition) is 1. The summed E-state index contributed by atoms with van der Waals surface area (Å²) in [4.78, 5) is 4.00. The zero-order chi connectivity index (χ0) is 8.39. The second kappa shape index (κ2) is 3.37. The number of nitrogens with one attached hydrogen (secondary N) is 1. The highest BCUT2D eigenvalue weighted by molar-refractivity contribution is 7.13. The van der Waals surface area contributed by atoms with E-state index < -0.39 is 6.17 Å². The summed E-state index contributed by atoms with van der Waals surface area (Å²) in [5.41, 5.74) is 0. The highest BCUT2D eigenvalue weighted by atomic mass is 32.1. The van der Waals surface area contributed by atoms with Crippen LogP contribution in [0.4, 0.5) is 9.52 Å². The van der Waals surface area contributed by atoms with E-state index in [-0.39, 0.29) is 12.6 Å². The van der Waals surface area contributed by atoms with E-state index in [2.05, 4.69) is 10.3 Å². The van der Waals surface area contributed by atoms with E-state index in [1.54, 1.807) is 6.20 Å². The van der Waals surface area contributed by atoms with Gasteiger partial charge in [0.2, 0.25) is 0 Å². The van der Waals surface area contributed by atoms with Crippen LogP contribution in [-0.2, 0) is 4.74 Å². The molecule has 1 N–H and O–H groups in total. The average molecular weight is 188 g/mol.